The molecule has 2 aromatic carbocycles. The van der Waals surface area contributed by atoms with Gasteiger partial charge in [-0.3, -0.25) is 14.5 Å². The van der Waals surface area contributed by atoms with Crippen LogP contribution in [0.25, 0.3) is 17.0 Å². The van der Waals surface area contributed by atoms with Gasteiger partial charge >= 0.3 is 0 Å². The lowest BCUT2D eigenvalue weighted by Gasteiger charge is -2.14. The molecule has 2 heterocycles. The maximum absolute atomic E-state index is 12.8. The molecule has 1 aliphatic heterocycles. The minimum Gasteiger partial charge on any atom is -0.493 e. The number of para-hydroxylation sites is 1. The molecule has 1 aliphatic rings. The van der Waals surface area contributed by atoms with Crippen molar-refractivity contribution < 1.29 is 13.9 Å². The Morgan fingerprint density at radius 2 is 1.93 bits per heavy atom. The zero-order chi connectivity index (χ0) is 19.7. The molecule has 1 amide bonds. The maximum Gasteiger partial charge on any atom is 0.266 e. The molecule has 1 aromatic heterocycles. The van der Waals surface area contributed by atoms with Crippen molar-refractivity contribution in [3.8, 4) is 5.75 Å². The highest BCUT2D eigenvalue weighted by Crippen LogP contribution is 2.33. The van der Waals surface area contributed by atoms with Crippen LogP contribution in [-0.4, -0.2) is 22.2 Å². The fraction of sp³-hybridized carbons (Fsp3) is 0.0952. The van der Waals surface area contributed by atoms with E-state index in [0.717, 1.165) is 5.56 Å². The molecular weight excluding hydrogens is 394 g/mol. The summed E-state index contributed by atoms with van der Waals surface area (Å²) in [6.45, 7) is 0.395. The molecule has 0 bridgehead atoms. The Hall–Kier alpha value is -2.90. The molecule has 5 nitrogen and oxygen atoms in total. The third kappa shape index (κ3) is 3.34. The summed E-state index contributed by atoms with van der Waals surface area (Å²) >= 11 is 6.54. The third-order valence-corrected chi connectivity index (χ3v) is 5.73. The maximum atomic E-state index is 12.8. The van der Waals surface area contributed by atoms with Crippen LogP contribution in [0.1, 0.15) is 11.1 Å². The second-order valence-corrected chi connectivity index (χ2v) is 7.79. The van der Waals surface area contributed by atoms with Crippen LogP contribution in [0.5, 0.6) is 5.75 Å². The second kappa shape index (κ2) is 7.61. The number of methoxy groups -OCH3 is 1. The summed E-state index contributed by atoms with van der Waals surface area (Å²) in [6, 6.07) is 14.7. The normalized spacial score (nSPS) is 15.6. The molecule has 4 rings (SSSR count). The number of thiocarbonyl (C=S) groups is 1. The number of benzene rings is 2. The number of carbonyl (C=O) groups excluding carboxylic acids is 1. The predicted molar refractivity (Wildman–Crippen MR) is 114 cm³/mol. The number of hydrogen-bond acceptors (Lipinski definition) is 6. The summed E-state index contributed by atoms with van der Waals surface area (Å²) in [6.07, 6.45) is 2.88. The van der Waals surface area contributed by atoms with E-state index in [1.807, 2.05) is 30.3 Å². The predicted octanol–water partition coefficient (Wildman–Crippen LogP) is 4.20. The molecule has 0 N–H and O–H groups in total. The van der Waals surface area contributed by atoms with E-state index in [2.05, 4.69) is 0 Å². The number of carbonyl (C=O) groups is 1. The zero-order valence-electron chi connectivity index (χ0n) is 14.9. The van der Waals surface area contributed by atoms with E-state index >= 15 is 0 Å². The molecule has 1 fully saturated rings. The minimum absolute atomic E-state index is 0.219. The van der Waals surface area contributed by atoms with Crippen LogP contribution in [0.4, 0.5) is 0 Å². The average Bonchev–Trinajstić information content (AvgIpc) is 2.98. The lowest BCUT2D eigenvalue weighted by atomic mass is 10.1. The Labute approximate surface area is 170 Å². The van der Waals surface area contributed by atoms with Crippen molar-refractivity contribution in [2.24, 2.45) is 0 Å². The van der Waals surface area contributed by atoms with E-state index < -0.39 is 0 Å². The number of nitrogens with zero attached hydrogens (tertiary/aromatic N) is 1. The molecule has 1 saturated heterocycles. The topological polar surface area (TPSA) is 59.8 Å². The molecule has 0 atom stereocenters. The monoisotopic (exact) mass is 409 g/mol. The van der Waals surface area contributed by atoms with E-state index in [9.17, 15) is 9.59 Å². The van der Waals surface area contributed by atoms with Crippen molar-refractivity contribution in [2.45, 2.75) is 6.54 Å². The van der Waals surface area contributed by atoms with Gasteiger partial charge in [0.2, 0.25) is 0 Å². The van der Waals surface area contributed by atoms with Gasteiger partial charge in [0, 0.05) is 0 Å². The third-order valence-electron chi connectivity index (χ3n) is 4.35. The smallest absolute Gasteiger partial charge is 0.266 e. The van der Waals surface area contributed by atoms with Crippen LogP contribution in [0.3, 0.4) is 0 Å². The van der Waals surface area contributed by atoms with Gasteiger partial charge in [0.05, 0.1) is 29.5 Å². The van der Waals surface area contributed by atoms with Crippen LogP contribution in [0, 0.1) is 0 Å². The summed E-state index contributed by atoms with van der Waals surface area (Å²) in [4.78, 5) is 27.5. The van der Waals surface area contributed by atoms with E-state index in [4.69, 9.17) is 21.4 Å². The van der Waals surface area contributed by atoms with Gasteiger partial charge in [0.25, 0.3) is 5.91 Å². The molecule has 0 radical (unpaired) electrons. The number of ether oxygens (including phenoxy) is 1. The Bertz CT molecular complexity index is 1170. The Morgan fingerprint density at radius 1 is 1.14 bits per heavy atom. The Balaban J connectivity index is 1.68. The summed E-state index contributed by atoms with van der Waals surface area (Å²) in [5.41, 5.74) is 1.43. The van der Waals surface area contributed by atoms with Gasteiger partial charge in [-0.2, -0.15) is 0 Å². The highest BCUT2D eigenvalue weighted by Gasteiger charge is 2.32. The molecule has 0 spiro atoms. The lowest BCUT2D eigenvalue weighted by Crippen LogP contribution is -2.27. The van der Waals surface area contributed by atoms with Crippen molar-refractivity contribution in [3.05, 3.63) is 81.0 Å². The largest absolute Gasteiger partial charge is 0.493 e. The summed E-state index contributed by atoms with van der Waals surface area (Å²) < 4.78 is 11.3. The SMILES string of the molecule is COc1cccc2c(=O)c(/C=C3\SC(=S)N(Cc4ccccc4)C3=O)coc12. The first-order chi connectivity index (χ1) is 13.6. The fourth-order valence-corrected chi connectivity index (χ4v) is 4.20. The molecular formula is C21H15NO4S2. The van der Waals surface area contributed by atoms with Gasteiger partial charge in [-0.05, 0) is 23.8 Å². The summed E-state index contributed by atoms with van der Waals surface area (Å²) in [5.74, 6) is 0.263. The van der Waals surface area contributed by atoms with E-state index in [1.165, 1.54) is 36.1 Å². The van der Waals surface area contributed by atoms with E-state index in [1.54, 1.807) is 18.2 Å². The number of rotatable bonds is 4. The highest BCUT2D eigenvalue weighted by atomic mass is 32.2. The molecule has 0 unspecified atom stereocenters. The summed E-state index contributed by atoms with van der Waals surface area (Å²) in [5, 5.41) is 0.396. The van der Waals surface area contributed by atoms with Crippen LogP contribution >= 0.6 is 24.0 Å². The summed E-state index contributed by atoms with van der Waals surface area (Å²) in [7, 11) is 1.51. The lowest BCUT2D eigenvalue weighted by molar-refractivity contribution is -0.122. The van der Waals surface area contributed by atoms with Gasteiger partial charge in [0.15, 0.2) is 16.8 Å². The second-order valence-electron chi connectivity index (χ2n) is 6.11. The van der Waals surface area contributed by atoms with Crippen LogP contribution in [0.2, 0.25) is 0 Å². The van der Waals surface area contributed by atoms with Crippen LogP contribution < -0.4 is 10.2 Å². The Morgan fingerprint density at radius 3 is 2.68 bits per heavy atom. The quantitative estimate of drug-likeness (QED) is 0.475. The fourth-order valence-electron chi connectivity index (χ4n) is 2.95. The first-order valence-corrected chi connectivity index (χ1v) is 9.69. The van der Waals surface area contributed by atoms with Crippen molar-refractivity contribution in [2.75, 3.05) is 7.11 Å². The van der Waals surface area contributed by atoms with Gasteiger partial charge in [-0.1, -0.05) is 60.4 Å². The number of amides is 1. The van der Waals surface area contributed by atoms with Gasteiger partial charge in [-0.25, -0.2) is 0 Å². The van der Waals surface area contributed by atoms with Gasteiger partial charge < -0.3 is 9.15 Å². The Kier molecular flexibility index (Phi) is 5.02. The van der Waals surface area contributed by atoms with Gasteiger partial charge in [0.1, 0.15) is 10.6 Å². The minimum atomic E-state index is -0.228. The van der Waals surface area contributed by atoms with Crippen molar-refractivity contribution in [1.29, 1.82) is 0 Å². The van der Waals surface area contributed by atoms with Crippen molar-refractivity contribution in [3.63, 3.8) is 0 Å². The molecule has 0 saturated carbocycles. The first kappa shape index (κ1) is 18.5. The number of thioether (sulfide) groups is 1. The molecule has 140 valence electrons. The van der Waals surface area contributed by atoms with Crippen LogP contribution in [-0.2, 0) is 11.3 Å². The van der Waals surface area contributed by atoms with Crippen LogP contribution in [0.15, 0.2) is 68.9 Å². The first-order valence-electron chi connectivity index (χ1n) is 8.46. The van der Waals surface area contributed by atoms with E-state index in [-0.39, 0.29) is 11.3 Å². The molecule has 7 heteroatoms. The molecule has 3 aromatic rings. The van der Waals surface area contributed by atoms with Crippen molar-refractivity contribution >= 4 is 51.3 Å². The highest BCUT2D eigenvalue weighted by molar-refractivity contribution is 8.26. The number of hydrogen-bond donors (Lipinski definition) is 0. The molecule has 28 heavy (non-hydrogen) atoms. The molecule has 0 aliphatic carbocycles. The van der Waals surface area contributed by atoms with Gasteiger partial charge in [-0.15, -0.1) is 0 Å². The average molecular weight is 409 g/mol. The van der Waals surface area contributed by atoms with Crippen molar-refractivity contribution in [1.82, 2.24) is 4.90 Å². The van der Waals surface area contributed by atoms with E-state index in [0.29, 0.717) is 38.1 Å². The standard InChI is InChI=1S/C21H15NO4S2/c1-25-16-9-5-8-15-18(23)14(12-26-19(15)16)10-17-20(24)22(21(27)28-17)11-13-6-3-2-4-7-13/h2-10,12H,11H2,1H3/b17-10-. The number of fused-ring (bicyclic) bond motifs is 1. The zero-order valence-corrected chi connectivity index (χ0v) is 16.5.